The zero-order chi connectivity index (χ0) is 22.6. The predicted octanol–water partition coefficient (Wildman–Crippen LogP) is 6.41. The van der Waals surface area contributed by atoms with Crippen molar-refractivity contribution in [2.45, 2.75) is 43.3 Å². The highest BCUT2D eigenvalue weighted by Gasteiger charge is 2.34. The average Bonchev–Trinajstić information content (AvgIpc) is 2.74. The fraction of sp³-hybridized carbons (Fsp3) is 0.261. The summed E-state index contributed by atoms with van der Waals surface area (Å²) in [6, 6.07) is 16.9. The number of alkyl halides is 3. The number of hydrogen-bond acceptors (Lipinski definition) is 4. The molecule has 0 aliphatic rings. The molecule has 8 heteroatoms. The molecule has 3 aromatic rings. The van der Waals surface area contributed by atoms with Gasteiger partial charge in [-0.15, -0.1) is 0 Å². The van der Waals surface area contributed by atoms with Crippen molar-refractivity contribution in [3.8, 4) is 11.3 Å². The van der Waals surface area contributed by atoms with Crippen molar-refractivity contribution in [3.63, 3.8) is 0 Å². The Morgan fingerprint density at radius 2 is 1.61 bits per heavy atom. The van der Waals surface area contributed by atoms with Crippen LogP contribution >= 0.6 is 11.8 Å². The molecule has 162 valence electrons. The molecular formula is C23H22F3N3OS. The van der Waals surface area contributed by atoms with Crippen LogP contribution in [0.2, 0.25) is 0 Å². The minimum Gasteiger partial charge on any atom is -0.325 e. The Bertz CT molecular complexity index is 1040. The summed E-state index contributed by atoms with van der Waals surface area (Å²) in [4.78, 5) is 20.4. The van der Waals surface area contributed by atoms with Crippen molar-refractivity contribution in [1.82, 2.24) is 9.97 Å². The number of nitrogens with zero attached hydrogens (tertiary/aromatic N) is 2. The van der Waals surface area contributed by atoms with Crippen LogP contribution in [-0.4, -0.2) is 21.1 Å². The standard InChI is InChI=1S/C23H22F3N3OS/c1-14(2)16-9-11-18(12-10-16)27-21(30)15(3)31-22-28-19(17-7-5-4-6-8-17)13-20(29-22)23(24,25)26/h4-15H,1-3H3,(H,27,30)/t15-/m0/s1. The van der Waals surface area contributed by atoms with Crippen LogP contribution in [0, 0.1) is 0 Å². The number of nitrogens with one attached hydrogen (secondary N) is 1. The lowest BCUT2D eigenvalue weighted by molar-refractivity contribution is -0.141. The maximum atomic E-state index is 13.4. The van der Waals surface area contributed by atoms with Crippen molar-refractivity contribution in [2.75, 3.05) is 5.32 Å². The molecule has 0 radical (unpaired) electrons. The molecule has 0 bridgehead atoms. The number of anilines is 1. The molecule has 3 rings (SSSR count). The van der Waals surface area contributed by atoms with Gasteiger partial charge in [-0.05, 0) is 36.6 Å². The number of rotatable bonds is 6. The van der Waals surface area contributed by atoms with Crippen LogP contribution in [0.3, 0.4) is 0 Å². The van der Waals surface area contributed by atoms with Crippen LogP contribution in [0.1, 0.15) is 37.9 Å². The fourth-order valence-corrected chi connectivity index (χ4v) is 3.57. The molecule has 0 saturated heterocycles. The van der Waals surface area contributed by atoms with Gasteiger partial charge in [0.2, 0.25) is 5.91 Å². The van der Waals surface area contributed by atoms with Gasteiger partial charge < -0.3 is 5.32 Å². The summed E-state index contributed by atoms with van der Waals surface area (Å²) in [7, 11) is 0. The lowest BCUT2D eigenvalue weighted by atomic mass is 10.0. The number of halogens is 3. The first-order valence-electron chi connectivity index (χ1n) is 9.72. The van der Waals surface area contributed by atoms with Crippen molar-refractivity contribution < 1.29 is 18.0 Å². The highest BCUT2D eigenvalue weighted by atomic mass is 32.2. The quantitative estimate of drug-likeness (QED) is 0.352. The van der Waals surface area contributed by atoms with E-state index in [-0.39, 0.29) is 16.8 Å². The van der Waals surface area contributed by atoms with Crippen molar-refractivity contribution in [3.05, 3.63) is 71.9 Å². The van der Waals surface area contributed by atoms with Gasteiger partial charge in [0.15, 0.2) is 5.16 Å². The van der Waals surface area contributed by atoms with Gasteiger partial charge in [0, 0.05) is 11.3 Å². The molecule has 0 aliphatic carbocycles. The Kier molecular flexibility index (Phi) is 7.00. The van der Waals surface area contributed by atoms with Crippen molar-refractivity contribution in [1.29, 1.82) is 0 Å². The van der Waals surface area contributed by atoms with E-state index in [1.807, 2.05) is 12.1 Å². The Morgan fingerprint density at radius 3 is 2.19 bits per heavy atom. The summed E-state index contributed by atoms with van der Waals surface area (Å²) < 4.78 is 40.1. The SMILES string of the molecule is CC(C)c1ccc(NC(=O)[C@H](C)Sc2nc(-c3ccccc3)cc(C(F)(F)F)n2)cc1. The van der Waals surface area contributed by atoms with Gasteiger partial charge in [-0.2, -0.15) is 13.2 Å². The van der Waals surface area contributed by atoms with Gasteiger partial charge in [-0.1, -0.05) is 68.1 Å². The third kappa shape index (κ3) is 6.07. The topological polar surface area (TPSA) is 54.9 Å². The molecule has 31 heavy (non-hydrogen) atoms. The van der Waals surface area contributed by atoms with E-state index in [0.29, 0.717) is 17.2 Å². The Labute approximate surface area is 183 Å². The summed E-state index contributed by atoms with van der Waals surface area (Å²) in [6.07, 6.45) is -4.62. The molecule has 1 aromatic heterocycles. The fourth-order valence-electron chi connectivity index (χ4n) is 2.79. The highest BCUT2D eigenvalue weighted by molar-refractivity contribution is 8.00. The van der Waals surface area contributed by atoms with Gasteiger partial charge in [-0.25, -0.2) is 9.97 Å². The molecule has 1 heterocycles. The van der Waals surface area contributed by atoms with Gasteiger partial charge in [0.1, 0.15) is 5.69 Å². The zero-order valence-electron chi connectivity index (χ0n) is 17.3. The van der Waals surface area contributed by atoms with Gasteiger partial charge in [-0.3, -0.25) is 4.79 Å². The molecule has 0 saturated carbocycles. The first-order valence-corrected chi connectivity index (χ1v) is 10.6. The van der Waals surface area contributed by atoms with E-state index >= 15 is 0 Å². The first-order chi connectivity index (χ1) is 14.6. The number of hydrogen-bond donors (Lipinski definition) is 1. The smallest absolute Gasteiger partial charge is 0.325 e. The second-order valence-corrected chi connectivity index (χ2v) is 8.62. The maximum absolute atomic E-state index is 13.4. The molecule has 0 unspecified atom stereocenters. The minimum atomic E-state index is -4.62. The lowest BCUT2D eigenvalue weighted by Crippen LogP contribution is -2.23. The van der Waals surface area contributed by atoms with Crippen LogP contribution in [0.4, 0.5) is 18.9 Å². The van der Waals surface area contributed by atoms with Gasteiger partial charge >= 0.3 is 6.18 Å². The molecule has 1 amide bonds. The van der Waals surface area contributed by atoms with E-state index in [1.165, 1.54) is 0 Å². The third-order valence-corrected chi connectivity index (χ3v) is 5.52. The largest absolute Gasteiger partial charge is 0.433 e. The molecule has 0 spiro atoms. The second kappa shape index (κ2) is 9.51. The second-order valence-electron chi connectivity index (χ2n) is 7.31. The van der Waals surface area contributed by atoms with Crippen molar-refractivity contribution >= 4 is 23.4 Å². The van der Waals surface area contributed by atoms with E-state index in [2.05, 4.69) is 29.1 Å². The number of amides is 1. The van der Waals surface area contributed by atoms with Gasteiger partial charge in [0.05, 0.1) is 10.9 Å². The Morgan fingerprint density at radius 1 is 0.968 bits per heavy atom. The molecule has 0 aliphatic heterocycles. The zero-order valence-corrected chi connectivity index (χ0v) is 18.1. The number of carbonyl (C=O) groups excluding carboxylic acids is 1. The number of benzene rings is 2. The molecule has 2 aromatic carbocycles. The summed E-state index contributed by atoms with van der Waals surface area (Å²) in [6.45, 7) is 5.75. The predicted molar refractivity (Wildman–Crippen MR) is 117 cm³/mol. The summed E-state index contributed by atoms with van der Waals surface area (Å²) >= 11 is 0.884. The van der Waals surface area contributed by atoms with E-state index in [0.717, 1.165) is 23.4 Å². The van der Waals surface area contributed by atoms with E-state index in [9.17, 15) is 18.0 Å². The lowest BCUT2D eigenvalue weighted by Gasteiger charge is -2.14. The van der Waals surface area contributed by atoms with Gasteiger partial charge in [0.25, 0.3) is 0 Å². The Balaban J connectivity index is 1.79. The number of thioether (sulfide) groups is 1. The van der Waals surface area contributed by atoms with Crippen LogP contribution in [0.5, 0.6) is 0 Å². The normalized spacial score (nSPS) is 12.6. The molecule has 4 nitrogen and oxygen atoms in total. The van der Waals surface area contributed by atoms with Crippen LogP contribution < -0.4 is 5.32 Å². The molecular weight excluding hydrogens is 423 g/mol. The summed E-state index contributed by atoms with van der Waals surface area (Å²) in [5.74, 6) is 0.0284. The first kappa shape index (κ1) is 22.8. The van der Waals surface area contributed by atoms with Crippen LogP contribution in [-0.2, 0) is 11.0 Å². The number of carbonyl (C=O) groups is 1. The highest BCUT2D eigenvalue weighted by Crippen LogP contribution is 2.33. The van der Waals surface area contributed by atoms with E-state index in [4.69, 9.17) is 0 Å². The molecule has 1 N–H and O–H groups in total. The van der Waals surface area contributed by atoms with E-state index in [1.54, 1.807) is 49.4 Å². The Hall–Kier alpha value is -2.87. The van der Waals surface area contributed by atoms with Crippen LogP contribution in [0.15, 0.2) is 65.8 Å². The monoisotopic (exact) mass is 445 g/mol. The average molecular weight is 446 g/mol. The molecule has 1 atom stereocenters. The summed E-state index contributed by atoms with van der Waals surface area (Å²) in [5.41, 5.74) is 1.42. The van der Waals surface area contributed by atoms with Crippen molar-refractivity contribution in [2.24, 2.45) is 0 Å². The van der Waals surface area contributed by atoms with Crippen LogP contribution in [0.25, 0.3) is 11.3 Å². The van der Waals surface area contributed by atoms with E-state index < -0.39 is 17.1 Å². The summed E-state index contributed by atoms with van der Waals surface area (Å²) in [5, 5.41) is 1.98. The molecule has 0 fully saturated rings. The third-order valence-electron chi connectivity index (χ3n) is 4.56. The maximum Gasteiger partial charge on any atom is 0.433 e. The minimum absolute atomic E-state index is 0.105. The number of aromatic nitrogens is 2.